The molecule has 0 aromatic carbocycles. The summed E-state index contributed by atoms with van der Waals surface area (Å²) in [5, 5.41) is 7.67. The van der Waals surface area contributed by atoms with E-state index in [1.165, 1.54) is 6.42 Å². The van der Waals surface area contributed by atoms with Crippen LogP contribution in [0, 0.1) is 0 Å². The Morgan fingerprint density at radius 1 is 1.46 bits per heavy atom. The molecule has 1 heterocycles. The van der Waals surface area contributed by atoms with Gasteiger partial charge in [0.1, 0.15) is 0 Å². The Bertz CT molecular complexity index is 222. The van der Waals surface area contributed by atoms with Crippen LogP contribution in [0.4, 0.5) is 0 Å². The van der Waals surface area contributed by atoms with Crippen molar-refractivity contribution in [3.8, 4) is 0 Å². The van der Waals surface area contributed by atoms with Crippen LogP contribution in [-0.2, 0) is 13.1 Å². The molecule has 3 nitrogen and oxygen atoms in total. The monoisotopic (exact) mass is 203 g/mol. The smallest absolute Gasteiger partial charge is 0.0762 e. The summed E-state index contributed by atoms with van der Waals surface area (Å²) in [4.78, 5) is 0. The van der Waals surface area contributed by atoms with Crippen LogP contribution in [-0.4, -0.2) is 16.3 Å². The Balaban J connectivity index is 0.00000144. The Morgan fingerprint density at radius 3 is 2.77 bits per heavy atom. The summed E-state index contributed by atoms with van der Waals surface area (Å²) < 4.78 is 1.95. The van der Waals surface area contributed by atoms with Crippen molar-refractivity contribution in [2.75, 3.05) is 6.54 Å². The summed E-state index contributed by atoms with van der Waals surface area (Å²) >= 11 is 0. The minimum atomic E-state index is 0. The van der Waals surface area contributed by atoms with Gasteiger partial charge in [0.25, 0.3) is 0 Å². The molecule has 0 amide bonds. The number of hydrogen-bond donors (Lipinski definition) is 1. The van der Waals surface area contributed by atoms with Crippen molar-refractivity contribution in [1.29, 1.82) is 0 Å². The zero-order valence-corrected chi connectivity index (χ0v) is 9.10. The van der Waals surface area contributed by atoms with E-state index in [4.69, 9.17) is 0 Å². The van der Waals surface area contributed by atoms with Crippen molar-refractivity contribution in [3.05, 3.63) is 18.0 Å². The van der Waals surface area contributed by atoms with Crippen molar-refractivity contribution in [2.24, 2.45) is 0 Å². The minimum Gasteiger partial charge on any atom is -0.311 e. The van der Waals surface area contributed by atoms with Gasteiger partial charge in [-0.25, -0.2) is 0 Å². The second-order valence-corrected chi connectivity index (χ2v) is 2.84. The van der Waals surface area contributed by atoms with Crippen LogP contribution in [0.25, 0.3) is 0 Å². The number of halogens is 1. The van der Waals surface area contributed by atoms with Crippen molar-refractivity contribution < 1.29 is 0 Å². The quantitative estimate of drug-likeness (QED) is 0.740. The molecule has 0 saturated carbocycles. The van der Waals surface area contributed by atoms with Crippen LogP contribution in [0.5, 0.6) is 0 Å². The molecule has 1 rings (SSSR count). The maximum absolute atomic E-state index is 4.35. The third-order valence-corrected chi connectivity index (χ3v) is 1.75. The Kier molecular flexibility index (Phi) is 6.63. The van der Waals surface area contributed by atoms with E-state index < -0.39 is 0 Å². The van der Waals surface area contributed by atoms with E-state index >= 15 is 0 Å². The van der Waals surface area contributed by atoms with Gasteiger partial charge in [-0.1, -0.05) is 6.92 Å². The molecule has 0 atom stereocenters. The second kappa shape index (κ2) is 6.92. The molecule has 0 aliphatic heterocycles. The van der Waals surface area contributed by atoms with Crippen LogP contribution >= 0.6 is 12.4 Å². The number of hydrogen-bond acceptors (Lipinski definition) is 2. The van der Waals surface area contributed by atoms with Crippen molar-refractivity contribution in [2.45, 2.75) is 33.4 Å². The predicted octanol–water partition coefficient (Wildman–Crippen LogP) is 1.82. The first-order valence-electron chi connectivity index (χ1n) is 4.59. The molecular weight excluding hydrogens is 186 g/mol. The Labute approximate surface area is 85.9 Å². The normalized spacial score (nSPS) is 9.69. The van der Waals surface area contributed by atoms with Crippen molar-refractivity contribution in [1.82, 2.24) is 15.1 Å². The highest BCUT2D eigenvalue weighted by Gasteiger charge is 1.95. The molecule has 76 valence electrons. The Morgan fingerprint density at radius 2 is 2.23 bits per heavy atom. The van der Waals surface area contributed by atoms with Crippen LogP contribution in [0.3, 0.4) is 0 Å². The number of nitrogens with zero attached hydrogens (tertiary/aromatic N) is 2. The van der Waals surface area contributed by atoms with Gasteiger partial charge in [0, 0.05) is 19.3 Å². The maximum atomic E-state index is 4.35. The third-order valence-electron chi connectivity index (χ3n) is 1.75. The van der Waals surface area contributed by atoms with Gasteiger partial charge in [-0.05, 0) is 26.0 Å². The van der Waals surface area contributed by atoms with Gasteiger partial charge in [0.05, 0.1) is 5.69 Å². The highest BCUT2D eigenvalue weighted by molar-refractivity contribution is 5.85. The summed E-state index contributed by atoms with van der Waals surface area (Å²) in [7, 11) is 0. The summed E-state index contributed by atoms with van der Waals surface area (Å²) in [6.45, 7) is 7.17. The predicted molar refractivity (Wildman–Crippen MR) is 57.1 cm³/mol. The molecular formula is C9H18ClN3. The first kappa shape index (κ1) is 12.5. The second-order valence-electron chi connectivity index (χ2n) is 2.84. The number of rotatable bonds is 5. The van der Waals surface area contributed by atoms with E-state index in [0.717, 1.165) is 25.3 Å². The van der Waals surface area contributed by atoms with Crippen LogP contribution < -0.4 is 5.32 Å². The van der Waals surface area contributed by atoms with E-state index in [9.17, 15) is 0 Å². The lowest BCUT2D eigenvalue weighted by Gasteiger charge is -1.98. The fourth-order valence-corrected chi connectivity index (χ4v) is 1.07. The van der Waals surface area contributed by atoms with Gasteiger partial charge in [-0.15, -0.1) is 12.4 Å². The van der Waals surface area contributed by atoms with Gasteiger partial charge in [-0.2, -0.15) is 5.10 Å². The van der Waals surface area contributed by atoms with Gasteiger partial charge in [-0.3, -0.25) is 4.68 Å². The summed E-state index contributed by atoms with van der Waals surface area (Å²) in [6, 6.07) is 2.06. The van der Waals surface area contributed by atoms with E-state index in [0.29, 0.717) is 0 Å². The third kappa shape index (κ3) is 4.29. The van der Waals surface area contributed by atoms with Crippen molar-refractivity contribution in [3.63, 3.8) is 0 Å². The van der Waals surface area contributed by atoms with E-state index in [-0.39, 0.29) is 12.4 Å². The SMILES string of the molecule is CCCNCc1ccn(CC)n1.Cl. The molecule has 1 N–H and O–H groups in total. The van der Waals surface area contributed by atoms with E-state index in [1.54, 1.807) is 0 Å². The number of aryl methyl sites for hydroxylation is 1. The number of nitrogens with one attached hydrogen (secondary N) is 1. The molecule has 13 heavy (non-hydrogen) atoms. The van der Waals surface area contributed by atoms with Crippen LogP contribution in [0.1, 0.15) is 26.0 Å². The van der Waals surface area contributed by atoms with E-state index in [2.05, 4.69) is 30.3 Å². The van der Waals surface area contributed by atoms with Gasteiger partial charge >= 0.3 is 0 Å². The molecule has 0 fully saturated rings. The maximum Gasteiger partial charge on any atom is 0.0762 e. The highest BCUT2D eigenvalue weighted by Crippen LogP contribution is 1.94. The topological polar surface area (TPSA) is 29.9 Å². The average molecular weight is 204 g/mol. The van der Waals surface area contributed by atoms with Crippen LogP contribution in [0.15, 0.2) is 12.3 Å². The first-order valence-corrected chi connectivity index (χ1v) is 4.59. The molecule has 4 heteroatoms. The zero-order chi connectivity index (χ0) is 8.81. The molecule has 0 radical (unpaired) electrons. The molecule has 1 aromatic rings. The molecule has 0 bridgehead atoms. The molecule has 0 saturated heterocycles. The zero-order valence-electron chi connectivity index (χ0n) is 8.29. The Hall–Kier alpha value is -0.540. The molecule has 0 aliphatic carbocycles. The molecule has 0 spiro atoms. The van der Waals surface area contributed by atoms with Gasteiger partial charge in [0.15, 0.2) is 0 Å². The fraction of sp³-hybridized carbons (Fsp3) is 0.667. The lowest BCUT2D eigenvalue weighted by Crippen LogP contribution is -2.14. The molecule has 1 aromatic heterocycles. The highest BCUT2D eigenvalue weighted by atomic mass is 35.5. The van der Waals surface area contributed by atoms with Gasteiger partial charge in [0.2, 0.25) is 0 Å². The minimum absolute atomic E-state index is 0. The van der Waals surface area contributed by atoms with Crippen LogP contribution in [0.2, 0.25) is 0 Å². The number of aromatic nitrogens is 2. The largest absolute Gasteiger partial charge is 0.311 e. The van der Waals surface area contributed by atoms with Crippen molar-refractivity contribution >= 4 is 12.4 Å². The summed E-state index contributed by atoms with van der Waals surface area (Å²) in [5.74, 6) is 0. The molecule has 0 aliphatic rings. The fourth-order valence-electron chi connectivity index (χ4n) is 1.07. The standard InChI is InChI=1S/C9H17N3.ClH/c1-3-6-10-8-9-5-7-12(4-2)11-9;/h5,7,10H,3-4,6,8H2,1-2H3;1H. The average Bonchev–Trinajstić information content (AvgIpc) is 2.53. The van der Waals surface area contributed by atoms with E-state index in [1.807, 2.05) is 10.9 Å². The first-order chi connectivity index (χ1) is 5.86. The molecule has 0 unspecified atom stereocenters. The summed E-state index contributed by atoms with van der Waals surface area (Å²) in [5.41, 5.74) is 1.13. The van der Waals surface area contributed by atoms with Gasteiger partial charge < -0.3 is 5.32 Å². The summed E-state index contributed by atoms with van der Waals surface area (Å²) in [6.07, 6.45) is 3.19. The lowest BCUT2D eigenvalue weighted by atomic mass is 10.4. The lowest BCUT2D eigenvalue weighted by molar-refractivity contribution is 0.616.